The highest BCUT2D eigenvalue weighted by atomic mass is 127. The number of halogens is 1. The van der Waals surface area contributed by atoms with Gasteiger partial charge < -0.3 is 10.3 Å². The minimum absolute atomic E-state index is 0.0814. The fraction of sp³-hybridized carbons (Fsp3) is 0.556. The molecule has 1 aromatic rings. The van der Waals surface area contributed by atoms with E-state index in [0.29, 0.717) is 14.1 Å². The van der Waals surface area contributed by atoms with Crippen LogP contribution in [0.5, 0.6) is 0 Å². The molecular formula is C9H12IN3OS. The van der Waals surface area contributed by atoms with Gasteiger partial charge in [-0.25, -0.2) is 4.98 Å². The number of nitrogens with one attached hydrogen (secondary N) is 2. The number of thioether (sulfide) groups is 1. The van der Waals surface area contributed by atoms with Gasteiger partial charge in [0, 0.05) is 11.3 Å². The molecule has 1 aromatic heterocycles. The lowest BCUT2D eigenvalue weighted by atomic mass is 10.4. The van der Waals surface area contributed by atoms with Gasteiger partial charge in [-0.2, -0.15) is 11.8 Å². The standard InChI is InChI=1S/C9H12IN3OS/c1-15-9(2-3-9)4-11-7-6(10)8(14)13-5-12-7/h5H,2-4H2,1H3,(H2,11,12,13,14). The second kappa shape index (κ2) is 4.32. The van der Waals surface area contributed by atoms with Crippen molar-refractivity contribution in [3.8, 4) is 0 Å². The number of nitrogens with zero attached hydrogens (tertiary/aromatic N) is 1. The van der Waals surface area contributed by atoms with Crippen molar-refractivity contribution in [2.45, 2.75) is 17.6 Å². The summed E-state index contributed by atoms with van der Waals surface area (Å²) in [5.41, 5.74) is -0.0814. The van der Waals surface area contributed by atoms with Gasteiger partial charge >= 0.3 is 0 Å². The Morgan fingerprint density at radius 1 is 1.73 bits per heavy atom. The highest BCUT2D eigenvalue weighted by Gasteiger charge is 2.41. The summed E-state index contributed by atoms with van der Waals surface area (Å²) >= 11 is 3.90. The van der Waals surface area contributed by atoms with Crippen LogP contribution in [-0.2, 0) is 0 Å². The summed E-state index contributed by atoms with van der Waals surface area (Å²) in [6.07, 6.45) is 6.07. The summed E-state index contributed by atoms with van der Waals surface area (Å²) in [5.74, 6) is 0.694. The Bertz CT molecular complexity index is 416. The van der Waals surface area contributed by atoms with E-state index in [9.17, 15) is 4.79 Å². The first kappa shape index (κ1) is 11.3. The lowest BCUT2D eigenvalue weighted by molar-refractivity contribution is 0.931. The van der Waals surface area contributed by atoms with Crippen LogP contribution >= 0.6 is 34.4 Å². The van der Waals surface area contributed by atoms with E-state index in [4.69, 9.17) is 0 Å². The van der Waals surface area contributed by atoms with Crippen LogP contribution in [0, 0.1) is 3.57 Å². The second-order valence-corrected chi connectivity index (χ2v) is 5.99. The van der Waals surface area contributed by atoms with Crippen molar-refractivity contribution in [1.82, 2.24) is 9.97 Å². The summed E-state index contributed by atoms with van der Waals surface area (Å²) < 4.78 is 1.01. The van der Waals surface area contributed by atoms with Crippen LogP contribution in [0.15, 0.2) is 11.1 Å². The molecule has 6 heteroatoms. The van der Waals surface area contributed by atoms with Gasteiger partial charge in [0.2, 0.25) is 0 Å². The van der Waals surface area contributed by atoms with Crippen LogP contribution in [-0.4, -0.2) is 27.5 Å². The first-order valence-electron chi connectivity index (χ1n) is 4.69. The van der Waals surface area contributed by atoms with Gasteiger partial charge in [0.05, 0.1) is 6.33 Å². The smallest absolute Gasteiger partial charge is 0.266 e. The van der Waals surface area contributed by atoms with Gasteiger partial charge in [-0.05, 0) is 41.7 Å². The minimum Gasteiger partial charge on any atom is -0.368 e. The van der Waals surface area contributed by atoms with Crippen molar-refractivity contribution in [3.63, 3.8) is 0 Å². The third-order valence-corrected chi connectivity index (χ3v) is 5.03. The summed E-state index contributed by atoms with van der Waals surface area (Å²) in [7, 11) is 0. The Morgan fingerprint density at radius 3 is 3.07 bits per heavy atom. The molecule has 82 valence electrons. The summed E-state index contributed by atoms with van der Waals surface area (Å²) in [5, 5.41) is 3.25. The molecular weight excluding hydrogens is 325 g/mol. The number of rotatable bonds is 4. The molecule has 0 amide bonds. The van der Waals surface area contributed by atoms with Crippen molar-refractivity contribution in [1.29, 1.82) is 0 Å². The number of hydrogen-bond donors (Lipinski definition) is 2. The number of hydrogen-bond acceptors (Lipinski definition) is 4. The first-order chi connectivity index (χ1) is 7.17. The van der Waals surface area contributed by atoms with E-state index in [1.807, 2.05) is 34.4 Å². The maximum absolute atomic E-state index is 11.3. The molecule has 2 N–H and O–H groups in total. The number of anilines is 1. The van der Waals surface area contributed by atoms with Crippen LogP contribution in [0.2, 0.25) is 0 Å². The van der Waals surface area contributed by atoms with Gasteiger partial charge in [0.25, 0.3) is 5.56 Å². The number of H-pyrrole nitrogens is 1. The predicted octanol–water partition coefficient (Wildman–Crippen LogP) is 1.68. The van der Waals surface area contributed by atoms with Gasteiger partial charge in [-0.3, -0.25) is 4.79 Å². The minimum atomic E-state index is -0.0814. The third-order valence-electron chi connectivity index (χ3n) is 2.62. The zero-order valence-electron chi connectivity index (χ0n) is 8.34. The molecule has 0 radical (unpaired) electrons. The van der Waals surface area contributed by atoms with E-state index in [2.05, 4.69) is 21.5 Å². The predicted molar refractivity (Wildman–Crippen MR) is 71.5 cm³/mol. The zero-order chi connectivity index (χ0) is 10.9. The quantitative estimate of drug-likeness (QED) is 0.821. The molecule has 1 fully saturated rings. The van der Waals surface area contributed by atoms with Crippen LogP contribution in [0.25, 0.3) is 0 Å². The molecule has 1 heterocycles. The Hall–Kier alpha value is -0.240. The summed E-state index contributed by atoms with van der Waals surface area (Å²) in [6, 6.07) is 0. The van der Waals surface area contributed by atoms with Crippen molar-refractivity contribution in [2.24, 2.45) is 0 Å². The normalized spacial score (nSPS) is 17.5. The van der Waals surface area contributed by atoms with Crippen LogP contribution in [0.4, 0.5) is 5.82 Å². The van der Waals surface area contributed by atoms with E-state index < -0.39 is 0 Å². The molecule has 0 spiro atoms. The fourth-order valence-electron chi connectivity index (χ4n) is 1.34. The van der Waals surface area contributed by atoms with Crippen molar-refractivity contribution in [2.75, 3.05) is 18.1 Å². The van der Waals surface area contributed by atoms with Gasteiger partial charge in [-0.15, -0.1) is 0 Å². The van der Waals surface area contributed by atoms with Gasteiger partial charge in [-0.1, -0.05) is 0 Å². The maximum atomic E-state index is 11.3. The molecule has 4 nitrogen and oxygen atoms in total. The van der Waals surface area contributed by atoms with Crippen molar-refractivity contribution < 1.29 is 0 Å². The highest BCUT2D eigenvalue weighted by Crippen LogP contribution is 2.46. The maximum Gasteiger partial charge on any atom is 0.266 e. The summed E-state index contributed by atoms with van der Waals surface area (Å²) in [6.45, 7) is 0.890. The average molecular weight is 337 g/mol. The van der Waals surface area contributed by atoms with Crippen LogP contribution < -0.4 is 10.9 Å². The molecule has 0 atom stereocenters. The van der Waals surface area contributed by atoms with E-state index in [1.54, 1.807) is 0 Å². The molecule has 0 bridgehead atoms. The molecule has 1 aliphatic rings. The van der Waals surface area contributed by atoms with Crippen LogP contribution in [0.1, 0.15) is 12.8 Å². The Kier molecular flexibility index (Phi) is 3.24. The highest BCUT2D eigenvalue weighted by molar-refractivity contribution is 14.1. The first-order valence-corrected chi connectivity index (χ1v) is 6.99. The van der Waals surface area contributed by atoms with E-state index in [1.165, 1.54) is 19.2 Å². The Morgan fingerprint density at radius 2 is 2.47 bits per heavy atom. The molecule has 0 aromatic carbocycles. The fourth-order valence-corrected chi connectivity index (χ4v) is 2.56. The molecule has 1 saturated carbocycles. The summed E-state index contributed by atoms with van der Waals surface area (Å²) in [4.78, 5) is 18.0. The van der Waals surface area contributed by atoms with E-state index in [0.717, 1.165) is 6.54 Å². The SMILES string of the molecule is CSC1(CNc2nc[nH]c(=O)c2I)CC1. The number of aromatic nitrogens is 2. The monoisotopic (exact) mass is 337 g/mol. The van der Waals surface area contributed by atoms with Gasteiger partial charge in [0.1, 0.15) is 9.39 Å². The molecule has 0 unspecified atom stereocenters. The molecule has 2 rings (SSSR count). The lowest BCUT2D eigenvalue weighted by Gasteiger charge is -2.13. The Balaban J connectivity index is 2.05. The van der Waals surface area contributed by atoms with Gasteiger partial charge in [0.15, 0.2) is 0 Å². The second-order valence-electron chi connectivity index (χ2n) is 3.63. The molecule has 15 heavy (non-hydrogen) atoms. The zero-order valence-corrected chi connectivity index (χ0v) is 11.3. The van der Waals surface area contributed by atoms with E-state index >= 15 is 0 Å². The topological polar surface area (TPSA) is 57.8 Å². The van der Waals surface area contributed by atoms with Crippen molar-refractivity contribution >= 4 is 40.2 Å². The molecule has 0 saturated heterocycles. The molecule has 0 aliphatic heterocycles. The largest absolute Gasteiger partial charge is 0.368 e. The van der Waals surface area contributed by atoms with Crippen LogP contribution in [0.3, 0.4) is 0 Å². The Labute approximate surface area is 106 Å². The van der Waals surface area contributed by atoms with Crippen molar-refractivity contribution in [3.05, 3.63) is 20.3 Å². The lowest BCUT2D eigenvalue weighted by Crippen LogP contribution is -2.21. The van der Waals surface area contributed by atoms with E-state index in [-0.39, 0.29) is 5.56 Å². The number of aromatic amines is 1. The third kappa shape index (κ3) is 2.47. The molecule has 1 aliphatic carbocycles. The average Bonchev–Trinajstić information content (AvgIpc) is 3.01.